The highest BCUT2D eigenvalue weighted by Gasteiger charge is 2.39. The van der Waals surface area contributed by atoms with Gasteiger partial charge in [0.2, 0.25) is 10.9 Å². The predicted molar refractivity (Wildman–Crippen MR) is 90.6 cm³/mol. The molecule has 4 rings (SSSR count). The van der Waals surface area contributed by atoms with Crippen LogP contribution in [-0.4, -0.2) is 52.4 Å². The predicted octanol–water partition coefficient (Wildman–Crippen LogP) is 0.970. The van der Waals surface area contributed by atoms with Gasteiger partial charge in [-0.05, 0) is 12.1 Å². The van der Waals surface area contributed by atoms with Gasteiger partial charge in [0.05, 0.1) is 31.4 Å². The van der Waals surface area contributed by atoms with Gasteiger partial charge in [-0.25, -0.2) is 4.79 Å². The van der Waals surface area contributed by atoms with Crippen LogP contribution in [0.2, 0.25) is 5.15 Å². The van der Waals surface area contributed by atoms with Crippen LogP contribution in [0, 0.1) is 0 Å². The minimum absolute atomic E-state index is 0.0677. The summed E-state index contributed by atoms with van der Waals surface area (Å²) in [6, 6.07) is 7.99. The number of benzene rings is 1. The van der Waals surface area contributed by atoms with Crippen molar-refractivity contribution in [1.29, 1.82) is 0 Å². The van der Waals surface area contributed by atoms with Gasteiger partial charge in [0.1, 0.15) is 0 Å². The molecule has 1 saturated heterocycles. The van der Waals surface area contributed by atoms with E-state index in [1.165, 1.54) is 4.68 Å². The van der Waals surface area contributed by atoms with E-state index in [-0.39, 0.29) is 22.5 Å². The highest BCUT2D eigenvalue weighted by Crippen LogP contribution is 2.26. The van der Waals surface area contributed by atoms with E-state index >= 15 is 0 Å². The number of halogens is 1. The Morgan fingerprint density at radius 1 is 1.27 bits per heavy atom. The number of hydrogen-bond donors (Lipinski definition) is 0. The second kappa shape index (κ2) is 6.54. The Bertz CT molecular complexity index is 943. The first-order valence-corrected chi connectivity index (χ1v) is 8.40. The number of aromatic nitrogens is 2. The minimum atomic E-state index is -0.790. The summed E-state index contributed by atoms with van der Waals surface area (Å²) in [5.74, 6) is -1.57. The second-order valence-electron chi connectivity index (χ2n) is 5.96. The molecule has 1 atom stereocenters. The van der Waals surface area contributed by atoms with Crippen LogP contribution in [0.3, 0.4) is 0 Å². The quantitative estimate of drug-likeness (QED) is 0.726. The minimum Gasteiger partial charge on any atom is -0.416 e. The number of rotatable bonds is 2. The van der Waals surface area contributed by atoms with E-state index in [0.717, 1.165) is 0 Å². The lowest BCUT2D eigenvalue weighted by Crippen LogP contribution is -2.55. The lowest BCUT2D eigenvalue weighted by Gasteiger charge is -2.39. The second-order valence-corrected chi connectivity index (χ2v) is 6.32. The number of morpholine rings is 1. The monoisotopic (exact) mass is 375 g/mol. The molecule has 1 aromatic heterocycles. The van der Waals surface area contributed by atoms with Gasteiger partial charge in [-0.2, -0.15) is 5.10 Å². The summed E-state index contributed by atoms with van der Waals surface area (Å²) in [6.07, 6.45) is 0. The van der Waals surface area contributed by atoms with E-state index < -0.39 is 23.1 Å². The van der Waals surface area contributed by atoms with Crippen LogP contribution in [0.5, 0.6) is 5.75 Å². The molecule has 8 nitrogen and oxygen atoms in total. The molecule has 1 fully saturated rings. The largest absolute Gasteiger partial charge is 0.416 e. The topological polar surface area (TPSA) is 90.7 Å². The third kappa shape index (κ3) is 2.77. The fraction of sp³-hybridized carbons (Fsp3) is 0.294. The molecule has 0 spiro atoms. The summed E-state index contributed by atoms with van der Waals surface area (Å²) >= 11 is 5.91. The third-order valence-electron chi connectivity index (χ3n) is 4.35. The molecule has 1 amide bonds. The van der Waals surface area contributed by atoms with Crippen LogP contribution >= 0.6 is 11.6 Å². The summed E-state index contributed by atoms with van der Waals surface area (Å²) in [5.41, 5.74) is -0.602. The number of hydrogen-bond acceptors (Lipinski definition) is 6. The van der Waals surface area contributed by atoms with Crippen LogP contribution in [0.25, 0.3) is 0 Å². The Kier molecular flexibility index (Phi) is 4.21. The zero-order valence-corrected chi connectivity index (χ0v) is 14.3. The molecule has 134 valence electrons. The van der Waals surface area contributed by atoms with Crippen molar-refractivity contribution >= 4 is 23.5 Å². The van der Waals surface area contributed by atoms with Crippen molar-refractivity contribution in [3.63, 3.8) is 0 Å². The molecule has 0 saturated carbocycles. The maximum absolute atomic E-state index is 12.9. The molecule has 3 heterocycles. The summed E-state index contributed by atoms with van der Waals surface area (Å²) in [6.45, 7) is 1.48. The molecule has 2 aliphatic rings. The van der Waals surface area contributed by atoms with Gasteiger partial charge in [-0.1, -0.05) is 29.8 Å². The van der Waals surface area contributed by atoms with E-state index in [0.29, 0.717) is 26.3 Å². The van der Waals surface area contributed by atoms with Gasteiger partial charge in [0, 0.05) is 6.54 Å². The molecule has 0 unspecified atom stereocenters. The molecule has 2 aliphatic heterocycles. The normalized spacial score (nSPS) is 18.9. The van der Waals surface area contributed by atoms with Crippen molar-refractivity contribution in [3.05, 3.63) is 57.0 Å². The number of amides is 1. The molecule has 9 heteroatoms. The van der Waals surface area contributed by atoms with Crippen molar-refractivity contribution < 1.29 is 19.1 Å². The van der Waals surface area contributed by atoms with E-state index in [2.05, 4.69) is 5.10 Å². The number of nitrogens with zero attached hydrogens (tertiary/aromatic N) is 3. The lowest BCUT2D eigenvalue weighted by molar-refractivity contribution is -0.0158. The van der Waals surface area contributed by atoms with Crippen LogP contribution in [-0.2, 0) is 11.3 Å². The van der Waals surface area contributed by atoms with Crippen molar-refractivity contribution in [2.24, 2.45) is 0 Å². The molecule has 26 heavy (non-hydrogen) atoms. The maximum atomic E-state index is 12.9. The molecule has 1 aromatic carbocycles. The van der Waals surface area contributed by atoms with Gasteiger partial charge in [0.25, 0.3) is 11.3 Å². The zero-order valence-electron chi connectivity index (χ0n) is 13.6. The highest BCUT2D eigenvalue weighted by atomic mass is 35.5. The number of esters is 1. The molecule has 0 N–H and O–H groups in total. The summed E-state index contributed by atoms with van der Waals surface area (Å²) in [5, 5.41) is 3.61. The Morgan fingerprint density at radius 2 is 2.04 bits per heavy atom. The lowest BCUT2D eigenvalue weighted by atomic mass is 10.1. The molecule has 0 bridgehead atoms. The van der Waals surface area contributed by atoms with Crippen LogP contribution in [0.15, 0.2) is 35.1 Å². The Balaban J connectivity index is 1.78. The van der Waals surface area contributed by atoms with Gasteiger partial charge in [-0.3, -0.25) is 14.3 Å². The fourth-order valence-electron chi connectivity index (χ4n) is 3.09. The molecular weight excluding hydrogens is 362 g/mol. The van der Waals surface area contributed by atoms with Crippen LogP contribution in [0.4, 0.5) is 0 Å². The number of fused-ring (bicyclic) bond motifs is 2. The number of carbonyl (C=O) groups is 2. The third-order valence-corrected chi connectivity index (χ3v) is 4.60. The van der Waals surface area contributed by atoms with E-state index in [9.17, 15) is 14.4 Å². The highest BCUT2D eigenvalue weighted by molar-refractivity contribution is 6.29. The number of carbonyl (C=O) groups excluding carboxylic acids is 2. The Labute approximate surface area is 152 Å². The van der Waals surface area contributed by atoms with Crippen molar-refractivity contribution in [1.82, 2.24) is 14.7 Å². The summed E-state index contributed by atoms with van der Waals surface area (Å²) in [4.78, 5) is 39.3. The van der Waals surface area contributed by atoms with Crippen LogP contribution < -0.4 is 10.2 Å². The first kappa shape index (κ1) is 16.7. The van der Waals surface area contributed by atoms with Gasteiger partial charge >= 0.3 is 5.97 Å². The summed E-state index contributed by atoms with van der Waals surface area (Å²) in [7, 11) is 0. The molecular formula is C17H14ClN3O5. The molecule has 2 aromatic rings. The van der Waals surface area contributed by atoms with E-state index in [1.807, 2.05) is 0 Å². The zero-order chi connectivity index (χ0) is 18.3. The van der Waals surface area contributed by atoms with Crippen molar-refractivity contribution in [2.75, 3.05) is 19.8 Å². The van der Waals surface area contributed by atoms with Crippen molar-refractivity contribution in [3.8, 4) is 5.75 Å². The Hall–Kier alpha value is -2.71. The van der Waals surface area contributed by atoms with E-state index in [4.69, 9.17) is 21.1 Å². The average Bonchev–Trinajstić information content (AvgIpc) is 2.66. The average molecular weight is 376 g/mol. The van der Waals surface area contributed by atoms with Gasteiger partial charge in [0.15, 0.2) is 5.69 Å². The molecule has 0 radical (unpaired) electrons. The summed E-state index contributed by atoms with van der Waals surface area (Å²) < 4.78 is 12.0. The fourth-order valence-corrected chi connectivity index (χ4v) is 3.27. The number of ether oxygens (including phenoxy) is 2. The van der Waals surface area contributed by atoms with Gasteiger partial charge in [-0.15, -0.1) is 0 Å². The first-order chi connectivity index (χ1) is 12.6. The maximum Gasteiger partial charge on any atom is 0.343 e. The standard InChI is InChI=1S/C17H14ClN3O5/c18-15-13(22)14(26-17(24)10-4-2-1-3-5-10)12-16(23)20-6-7-25-9-11(20)8-21(12)19-15/h1-5,11H,6-9H2/t11-/m0/s1. The van der Waals surface area contributed by atoms with Gasteiger partial charge < -0.3 is 14.4 Å². The SMILES string of the molecule is O=C(Oc1c2n(nc(Cl)c1=O)C[C@H]1COCCN1C2=O)c1ccccc1. The molecule has 0 aliphatic carbocycles. The first-order valence-electron chi connectivity index (χ1n) is 8.03. The van der Waals surface area contributed by atoms with E-state index in [1.54, 1.807) is 35.2 Å². The van der Waals surface area contributed by atoms with Crippen molar-refractivity contribution in [2.45, 2.75) is 12.6 Å². The Morgan fingerprint density at radius 3 is 2.81 bits per heavy atom. The smallest absolute Gasteiger partial charge is 0.343 e. The van der Waals surface area contributed by atoms with Crippen LogP contribution in [0.1, 0.15) is 20.8 Å².